The van der Waals surface area contributed by atoms with Gasteiger partial charge in [-0.1, -0.05) is 18.2 Å². The Balaban J connectivity index is 1.39. The topological polar surface area (TPSA) is 44.8 Å². The number of amides is 1. The maximum atomic E-state index is 12.1. The van der Waals surface area contributed by atoms with Crippen LogP contribution in [0.15, 0.2) is 54.6 Å². The molecule has 0 atom stereocenters. The smallest absolute Gasteiger partial charge is 0.251 e. The van der Waals surface area contributed by atoms with Gasteiger partial charge in [-0.15, -0.1) is 0 Å². The van der Waals surface area contributed by atoms with Crippen LogP contribution >= 0.6 is 0 Å². The number of hydrogen-bond donors (Lipinski definition) is 1. The van der Waals surface area contributed by atoms with Gasteiger partial charge in [-0.2, -0.15) is 0 Å². The van der Waals surface area contributed by atoms with E-state index in [2.05, 4.69) is 39.4 Å². The van der Waals surface area contributed by atoms with Crippen molar-refractivity contribution >= 4 is 11.6 Å². The number of rotatable bonds is 6. The second kappa shape index (κ2) is 8.53. The maximum absolute atomic E-state index is 12.1. The Morgan fingerprint density at radius 3 is 2.32 bits per heavy atom. The standard InChI is InChI=1S/C20H25N3O2/c1-25-19-9-7-17(8-10-19)20(24)21-11-12-22-13-15-23(16-14-22)18-5-3-2-4-6-18/h2-10H,11-16H2,1H3,(H,21,24). The predicted molar refractivity (Wildman–Crippen MR) is 100 cm³/mol. The molecule has 0 saturated carbocycles. The molecule has 0 spiro atoms. The van der Waals surface area contributed by atoms with Gasteiger partial charge in [-0.05, 0) is 36.4 Å². The van der Waals surface area contributed by atoms with Crippen LogP contribution in [0.1, 0.15) is 10.4 Å². The van der Waals surface area contributed by atoms with Crippen molar-refractivity contribution in [2.75, 3.05) is 51.3 Å². The zero-order chi connectivity index (χ0) is 17.5. The van der Waals surface area contributed by atoms with Gasteiger partial charge < -0.3 is 15.0 Å². The lowest BCUT2D eigenvalue weighted by atomic mass is 10.2. The molecular formula is C20H25N3O2. The SMILES string of the molecule is COc1ccc(C(=O)NCCN2CCN(c3ccccc3)CC2)cc1. The molecule has 0 aliphatic carbocycles. The Labute approximate surface area is 149 Å². The van der Waals surface area contributed by atoms with E-state index in [1.165, 1.54) is 5.69 Å². The lowest BCUT2D eigenvalue weighted by Crippen LogP contribution is -2.48. The summed E-state index contributed by atoms with van der Waals surface area (Å²) in [5.74, 6) is 0.721. The van der Waals surface area contributed by atoms with Crippen molar-refractivity contribution in [3.63, 3.8) is 0 Å². The van der Waals surface area contributed by atoms with Crippen LogP contribution in [-0.4, -0.2) is 57.2 Å². The first-order valence-electron chi connectivity index (χ1n) is 8.71. The molecule has 2 aromatic carbocycles. The highest BCUT2D eigenvalue weighted by atomic mass is 16.5. The molecule has 0 aromatic heterocycles. The quantitative estimate of drug-likeness (QED) is 0.877. The summed E-state index contributed by atoms with van der Waals surface area (Å²) in [7, 11) is 1.62. The third-order valence-corrected chi connectivity index (χ3v) is 4.56. The minimum absolute atomic E-state index is 0.0365. The van der Waals surface area contributed by atoms with Crippen LogP contribution in [0.3, 0.4) is 0 Å². The largest absolute Gasteiger partial charge is 0.497 e. The average Bonchev–Trinajstić information content (AvgIpc) is 2.69. The van der Waals surface area contributed by atoms with Crippen LogP contribution in [0.5, 0.6) is 5.75 Å². The normalized spacial score (nSPS) is 15.0. The first-order chi connectivity index (χ1) is 12.3. The first-order valence-corrected chi connectivity index (χ1v) is 8.71. The summed E-state index contributed by atoms with van der Waals surface area (Å²) in [5.41, 5.74) is 1.95. The summed E-state index contributed by atoms with van der Waals surface area (Å²) in [5, 5.41) is 2.99. The van der Waals surface area contributed by atoms with E-state index in [4.69, 9.17) is 4.74 Å². The van der Waals surface area contributed by atoms with Crippen molar-refractivity contribution in [1.29, 1.82) is 0 Å². The van der Waals surface area contributed by atoms with E-state index in [1.807, 2.05) is 6.07 Å². The number of nitrogens with zero attached hydrogens (tertiary/aromatic N) is 2. The Bertz CT molecular complexity index is 665. The van der Waals surface area contributed by atoms with Gasteiger partial charge in [-0.25, -0.2) is 0 Å². The fraction of sp³-hybridized carbons (Fsp3) is 0.350. The molecule has 2 aromatic rings. The van der Waals surface area contributed by atoms with Crippen molar-refractivity contribution in [2.45, 2.75) is 0 Å². The fourth-order valence-electron chi connectivity index (χ4n) is 3.04. The van der Waals surface area contributed by atoms with Crippen molar-refractivity contribution in [2.24, 2.45) is 0 Å². The van der Waals surface area contributed by atoms with Crippen LogP contribution in [0.2, 0.25) is 0 Å². The van der Waals surface area contributed by atoms with Gasteiger partial charge in [0.25, 0.3) is 5.91 Å². The van der Waals surface area contributed by atoms with Crippen molar-refractivity contribution in [3.8, 4) is 5.75 Å². The average molecular weight is 339 g/mol. The molecular weight excluding hydrogens is 314 g/mol. The van der Waals surface area contributed by atoms with E-state index in [9.17, 15) is 4.79 Å². The number of para-hydroxylation sites is 1. The third kappa shape index (κ3) is 4.73. The minimum Gasteiger partial charge on any atom is -0.497 e. The van der Waals surface area contributed by atoms with Crippen LogP contribution in [0.25, 0.3) is 0 Å². The zero-order valence-corrected chi connectivity index (χ0v) is 14.6. The summed E-state index contributed by atoms with van der Waals surface area (Å²) in [6.07, 6.45) is 0. The summed E-state index contributed by atoms with van der Waals surface area (Å²) in [6.45, 7) is 5.63. The monoisotopic (exact) mass is 339 g/mol. The number of hydrogen-bond acceptors (Lipinski definition) is 4. The van der Waals surface area contributed by atoms with Crippen LogP contribution in [-0.2, 0) is 0 Å². The Morgan fingerprint density at radius 2 is 1.68 bits per heavy atom. The minimum atomic E-state index is -0.0365. The van der Waals surface area contributed by atoms with Gasteiger partial charge in [0.2, 0.25) is 0 Å². The van der Waals surface area contributed by atoms with E-state index in [1.54, 1.807) is 31.4 Å². The van der Waals surface area contributed by atoms with Gasteiger partial charge in [0, 0.05) is 50.5 Å². The molecule has 1 N–H and O–H groups in total. The van der Waals surface area contributed by atoms with E-state index in [-0.39, 0.29) is 5.91 Å². The highest BCUT2D eigenvalue weighted by Gasteiger charge is 2.16. The predicted octanol–water partition coefficient (Wildman–Crippen LogP) is 2.25. The van der Waals surface area contributed by atoms with E-state index < -0.39 is 0 Å². The van der Waals surface area contributed by atoms with E-state index in [0.717, 1.165) is 38.5 Å². The van der Waals surface area contributed by atoms with Gasteiger partial charge >= 0.3 is 0 Å². The number of nitrogens with one attached hydrogen (secondary N) is 1. The molecule has 1 heterocycles. The number of carbonyl (C=O) groups is 1. The van der Waals surface area contributed by atoms with Gasteiger partial charge in [0.05, 0.1) is 7.11 Å². The third-order valence-electron chi connectivity index (χ3n) is 4.56. The van der Waals surface area contributed by atoms with Crippen molar-refractivity contribution < 1.29 is 9.53 Å². The number of benzene rings is 2. The Morgan fingerprint density at radius 1 is 1.00 bits per heavy atom. The molecule has 0 bridgehead atoms. The molecule has 25 heavy (non-hydrogen) atoms. The molecule has 132 valence electrons. The van der Waals surface area contributed by atoms with Crippen molar-refractivity contribution in [1.82, 2.24) is 10.2 Å². The molecule has 5 nitrogen and oxygen atoms in total. The number of methoxy groups -OCH3 is 1. The van der Waals surface area contributed by atoms with Crippen LogP contribution in [0, 0.1) is 0 Å². The number of piperazine rings is 1. The molecule has 1 aliphatic heterocycles. The summed E-state index contributed by atoms with van der Waals surface area (Å²) >= 11 is 0. The first kappa shape index (κ1) is 17.3. The Kier molecular flexibility index (Phi) is 5.90. The number of anilines is 1. The second-order valence-electron chi connectivity index (χ2n) is 6.15. The van der Waals surface area contributed by atoms with Gasteiger partial charge in [-0.3, -0.25) is 9.69 Å². The maximum Gasteiger partial charge on any atom is 0.251 e. The fourth-order valence-corrected chi connectivity index (χ4v) is 3.04. The van der Waals surface area contributed by atoms with Crippen molar-refractivity contribution in [3.05, 3.63) is 60.2 Å². The zero-order valence-electron chi connectivity index (χ0n) is 14.6. The molecule has 5 heteroatoms. The molecule has 0 radical (unpaired) electrons. The molecule has 1 saturated heterocycles. The van der Waals surface area contributed by atoms with Gasteiger partial charge in [0.15, 0.2) is 0 Å². The molecule has 1 amide bonds. The Hall–Kier alpha value is -2.53. The molecule has 3 rings (SSSR count). The molecule has 1 fully saturated rings. The number of ether oxygens (including phenoxy) is 1. The van der Waals surface area contributed by atoms with Gasteiger partial charge in [0.1, 0.15) is 5.75 Å². The summed E-state index contributed by atoms with van der Waals surface area (Å²) in [4.78, 5) is 17.0. The van der Waals surface area contributed by atoms with E-state index >= 15 is 0 Å². The molecule has 1 aliphatic rings. The highest BCUT2D eigenvalue weighted by molar-refractivity contribution is 5.94. The van der Waals surface area contributed by atoms with Crippen LogP contribution < -0.4 is 15.0 Å². The second-order valence-corrected chi connectivity index (χ2v) is 6.15. The van der Waals surface area contributed by atoms with E-state index in [0.29, 0.717) is 12.1 Å². The number of carbonyl (C=O) groups excluding carboxylic acids is 1. The lowest BCUT2D eigenvalue weighted by Gasteiger charge is -2.36. The van der Waals surface area contributed by atoms with Crippen LogP contribution in [0.4, 0.5) is 5.69 Å². The lowest BCUT2D eigenvalue weighted by molar-refractivity contribution is 0.0947. The molecule has 0 unspecified atom stereocenters. The highest BCUT2D eigenvalue weighted by Crippen LogP contribution is 2.15. The summed E-state index contributed by atoms with van der Waals surface area (Å²) in [6, 6.07) is 17.7. The summed E-state index contributed by atoms with van der Waals surface area (Å²) < 4.78 is 5.11.